The first-order valence-electron chi connectivity index (χ1n) is 7.60. The molecule has 0 spiro atoms. The standard InChI is InChI=1S/C17H27NO/c1-3-10-17(19,4-2)16(13-18)11-9-14-7-5-6-8-15(14)12-16/h5-8,19H,3-4,9-13,18H2,1-2H3. The smallest absolute Gasteiger partial charge is 0.0716 e. The van der Waals surface area contributed by atoms with E-state index in [1.54, 1.807) is 0 Å². The van der Waals surface area contributed by atoms with Gasteiger partial charge in [0.05, 0.1) is 5.60 Å². The second-order valence-corrected chi connectivity index (χ2v) is 6.07. The summed E-state index contributed by atoms with van der Waals surface area (Å²) in [6.07, 6.45) is 5.62. The SMILES string of the molecule is CCCC(O)(CC)C1(CN)CCc2ccccc2C1. The monoisotopic (exact) mass is 261 g/mol. The molecular weight excluding hydrogens is 234 g/mol. The van der Waals surface area contributed by atoms with Gasteiger partial charge in [0, 0.05) is 12.0 Å². The van der Waals surface area contributed by atoms with E-state index in [-0.39, 0.29) is 5.41 Å². The number of hydrogen-bond donors (Lipinski definition) is 2. The van der Waals surface area contributed by atoms with Crippen LogP contribution in [0, 0.1) is 5.41 Å². The Kier molecular flexibility index (Phi) is 4.32. The lowest BCUT2D eigenvalue weighted by atomic mass is 9.59. The van der Waals surface area contributed by atoms with E-state index in [9.17, 15) is 5.11 Å². The third-order valence-electron chi connectivity index (χ3n) is 5.15. The third-order valence-corrected chi connectivity index (χ3v) is 5.15. The van der Waals surface area contributed by atoms with E-state index in [4.69, 9.17) is 5.73 Å². The number of fused-ring (bicyclic) bond motifs is 1. The van der Waals surface area contributed by atoms with Gasteiger partial charge in [0.15, 0.2) is 0 Å². The lowest BCUT2D eigenvalue weighted by molar-refractivity contribution is -0.0977. The average Bonchev–Trinajstić information content (AvgIpc) is 2.46. The summed E-state index contributed by atoms with van der Waals surface area (Å²) in [5.74, 6) is 0. The van der Waals surface area contributed by atoms with Gasteiger partial charge in [-0.3, -0.25) is 0 Å². The Morgan fingerprint density at radius 3 is 2.53 bits per heavy atom. The molecule has 2 heteroatoms. The molecule has 0 aromatic heterocycles. The predicted octanol–water partition coefficient (Wildman–Crippen LogP) is 3.06. The van der Waals surface area contributed by atoms with E-state index >= 15 is 0 Å². The van der Waals surface area contributed by atoms with Crippen LogP contribution >= 0.6 is 0 Å². The highest BCUT2D eigenvalue weighted by Crippen LogP contribution is 2.46. The van der Waals surface area contributed by atoms with Crippen LogP contribution in [-0.4, -0.2) is 17.3 Å². The Balaban J connectivity index is 2.35. The molecule has 2 nitrogen and oxygen atoms in total. The second-order valence-electron chi connectivity index (χ2n) is 6.07. The molecule has 2 rings (SSSR count). The summed E-state index contributed by atoms with van der Waals surface area (Å²) in [4.78, 5) is 0. The summed E-state index contributed by atoms with van der Waals surface area (Å²) in [6, 6.07) is 8.60. The zero-order valence-corrected chi connectivity index (χ0v) is 12.3. The van der Waals surface area contributed by atoms with Gasteiger partial charge in [0.25, 0.3) is 0 Å². The van der Waals surface area contributed by atoms with Crippen molar-refractivity contribution < 1.29 is 5.11 Å². The number of hydrogen-bond acceptors (Lipinski definition) is 2. The van der Waals surface area contributed by atoms with E-state index in [1.807, 2.05) is 0 Å². The van der Waals surface area contributed by atoms with Gasteiger partial charge < -0.3 is 10.8 Å². The van der Waals surface area contributed by atoms with Crippen molar-refractivity contribution in [3.05, 3.63) is 35.4 Å². The summed E-state index contributed by atoms with van der Waals surface area (Å²) in [7, 11) is 0. The second kappa shape index (κ2) is 5.64. The minimum atomic E-state index is -0.621. The fraction of sp³-hybridized carbons (Fsp3) is 0.647. The van der Waals surface area contributed by atoms with Crippen LogP contribution < -0.4 is 5.73 Å². The lowest BCUT2D eigenvalue weighted by Crippen LogP contribution is -2.55. The maximum Gasteiger partial charge on any atom is 0.0716 e. The van der Waals surface area contributed by atoms with Crippen molar-refractivity contribution in [1.82, 2.24) is 0 Å². The molecule has 1 aromatic rings. The number of nitrogens with two attached hydrogens (primary N) is 1. The first kappa shape index (κ1) is 14.5. The summed E-state index contributed by atoms with van der Waals surface area (Å²) in [5, 5.41) is 11.1. The van der Waals surface area contributed by atoms with Gasteiger partial charge in [0.2, 0.25) is 0 Å². The van der Waals surface area contributed by atoms with Gasteiger partial charge in [-0.25, -0.2) is 0 Å². The molecule has 0 saturated heterocycles. The van der Waals surface area contributed by atoms with Crippen LogP contribution in [0.5, 0.6) is 0 Å². The van der Waals surface area contributed by atoms with Gasteiger partial charge in [-0.05, 0) is 43.2 Å². The topological polar surface area (TPSA) is 46.2 Å². The van der Waals surface area contributed by atoms with Crippen LogP contribution in [-0.2, 0) is 12.8 Å². The third kappa shape index (κ3) is 2.44. The molecule has 3 N–H and O–H groups in total. The molecule has 1 aliphatic rings. The summed E-state index contributed by atoms with van der Waals surface area (Å²) in [6.45, 7) is 4.81. The van der Waals surface area contributed by atoms with Crippen molar-refractivity contribution in [1.29, 1.82) is 0 Å². The first-order chi connectivity index (χ1) is 9.11. The van der Waals surface area contributed by atoms with E-state index in [0.717, 1.165) is 38.5 Å². The molecule has 106 valence electrons. The highest BCUT2D eigenvalue weighted by atomic mass is 16.3. The van der Waals surface area contributed by atoms with Crippen molar-refractivity contribution in [2.75, 3.05) is 6.54 Å². The van der Waals surface area contributed by atoms with E-state index in [2.05, 4.69) is 38.1 Å². The maximum absolute atomic E-state index is 11.1. The molecule has 0 radical (unpaired) electrons. The number of aliphatic hydroxyl groups is 1. The van der Waals surface area contributed by atoms with Crippen molar-refractivity contribution in [3.63, 3.8) is 0 Å². The van der Waals surface area contributed by atoms with Crippen molar-refractivity contribution in [2.45, 2.75) is 58.0 Å². The van der Waals surface area contributed by atoms with Gasteiger partial charge in [0.1, 0.15) is 0 Å². The molecule has 19 heavy (non-hydrogen) atoms. The van der Waals surface area contributed by atoms with E-state index in [1.165, 1.54) is 11.1 Å². The normalized spacial score (nSPS) is 25.7. The Morgan fingerprint density at radius 1 is 1.26 bits per heavy atom. The molecule has 1 aliphatic carbocycles. The van der Waals surface area contributed by atoms with Crippen molar-refractivity contribution in [3.8, 4) is 0 Å². The quantitative estimate of drug-likeness (QED) is 0.855. The molecule has 0 aliphatic heterocycles. The van der Waals surface area contributed by atoms with Crippen LogP contribution in [0.15, 0.2) is 24.3 Å². The van der Waals surface area contributed by atoms with Crippen LogP contribution in [0.4, 0.5) is 0 Å². The molecule has 1 aromatic carbocycles. The molecule has 0 heterocycles. The Hall–Kier alpha value is -0.860. The lowest BCUT2D eigenvalue weighted by Gasteiger charge is -2.49. The number of benzene rings is 1. The molecular formula is C17H27NO. The van der Waals surface area contributed by atoms with Crippen LogP contribution in [0.3, 0.4) is 0 Å². The van der Waals surface area contributed by atoms with Crippen LogP contribution in [0.2, 0.25) is 0 Å². The highest BCUT2D eigenvalue weighted by molar-refractivity contribution is 5.32. The van der Waals surface area contributed by atoms with Crippen molar-refractivity contribution >= 4 is 0 Å². The first-order valence-corrected chi connectivity index (χ1v) is 7.60. The predicted molar refractivity (Wildman–Crippen MR) is 80.1 cm³/mol. The largest absolute Gasteiger partial charge is 0.389 e. The molecule has 2 atom stereocenters. The van der Waals surface area contributed by atoms with Gasteiger partial charge in [-0.15, -0.1) is 0 Å². The van der Waals surface area contributed by atoms with Crippen LogP contribution in [0.25, 0.3) is 0 Å². The fourth-order valence-electron chi connectivity index (χ4n) is 3.79. The highest BCUT2D eigenvalue weighted by Gasteiger charge is 2.48. The van der Waals surface area contributed by atoms with E-state index < -0.39 is 5.60 Å². The molecule has 0 bridgehead atoms. The number of aryl methyl sites for hydroxylation is 1. The maximum atomic E-state index is 11.1. The average molecular weight is 261 g/mol. The molecule has 0 saturated carbocycles. The Labute approximate surface area is 117 Å². The summed E-state index contributed by atoms with van der Waals surface area (Å²) >= 11 is 0. The fourth-order valence-corrected chi connectivity index (χ4v) is 3.79. The molecule has 0 fully saturated rings. The zero-order valence-electron chi connectivity index (χ0n) is 12.3. The summed E-state index contributed by atoms with van der Waals surface area (Å²) in [5.41, 5.74) is 8.17. The Bertz CT molecular complexity index is 431. The minimum absolute atomic E-state index is 0.147. The van der Waals surface area contributed by atoms with Crippen molar-refractivity contribution in [2.24, 2.45) is 11.1 Å². The van der Waals surface area contributed by atoms with E-state index in [0.29, 0.717) is 6.54 Å². The zero-order chi connectivity index (χ0) is 13.9. The molecule has 2 unspecified atom stereocenters. The van der Waals surface area contributed by atoms with Gasteiger partial charge in [-0.1, -0.05) is 44.5 Å². The van der Waals surface area contributed by atoms with Gasteiger partial charge in [-0.2, -0.15) is 0 Å². The Morgan fingerprint density at radius 2 is 1.95 bits per heavy atom. The minimum Gasteiger partial charge on any atom is -0.389 e. The number of rotatable bonds is 5. The molecule has 0 amide bonds. The summed E-state index contributed by atoms with van der Waals surface area (Å²) < 4.78 is 0. The van der Waals surface area contributed by atoms with Crippen LogP contribution in [0.1, 0.15) is 50.7 Å². The van der Waals surface area contributed by atoms with Gasteiger partial charge >= 0.3 is 0 Å².